The Kier molecular flexibility index (Phi) is 3.93. The SMILES string of the molecule is COc1ccc(C(Cl)c2cc(C)ccc2C)cc1. The monoisotopic (exact) mass is 260 g/mol. The van der Waals surface area contributed by atoms with Crippen LogP contribution in [-0.2, 0) is 0 Å². The van der Waals surface area contributed by atoms with Crippen LogP contribution < -0.4 is 4.74 Å². The van der Waals surface area contributed by atoms with E-state index in [-0.39, 0.29) is 5.38 Å². The fourth-order valence-corrected chi connectivity index (χ4v) is 2.37. The van der Waals surface area contributed by atoms with E-state index in [1.165, 1.54) is 16.7 Å². The van der Waals surface area contributed by atoms with Crippen LogP contribution in [0.5, 0.6) is 5.75 Å². The maximum absolute atomic E-state index is 6.56. The molecule has 0 N–H and O–H groups in total. The second-order valence-corrected chi connectivity index (χ2v) is 4.93. The minimum Gasteiger partial charge on any atom is -0.497 e. The van der Waals surface area contributed by atoms with E-state index in [0.717, 1.165) is 11.3 Å². The van der Waals surface area contributed by atoms with Crippen molar-refractivity contribution in [2.24, 2.45) is 0 Å². The number of methoxy groups -OCH3 is 1. The van der Waals surface area contributed by atoms with E-state index in [0.29, 0.717) is 0 Å². The second kappa shape index (κ2) is 5.45. The van der Waals surface area contributed by atoms with Crippen molar-refractivity contribution in [3.8, 4) is 5.75 Å². The first-order chi connectivity index (χ1) is 8.61. The van der Waals surface area contributed by atoms with Crippen molar-refractivity contribution >= 4 is 11.6 Å². The maximum atomic E-state index is 6.56. The smallest absolute Gasteiger partial charge is 0.118 e. The van der Waals surface area contributed by atoms with Crippen LogP contribution in [0.2, 0.25) is 0 Å². The van der Waals surface area contributed by atoms with E-state index in [2.05, 4.69) is 32.0 Å². The van der Waals surface area contributed by atoms with Crippen molar-refractivity contribution in [2.75, 3.05) is 7.11 Å². The molecule has 0 radical (unpaired) electrons. The first kappa shape index (κ1) is 13.0. The summed E-state index contributed by atoms with van der Waals surface area (Å²) in [6, 6.07) is 14.3. The lowest BCUT2D eigenvalue weighted by Crippen LogP contribution is -1.97. The summed E-state index contributed by atoms with van der Waals surface area (Å²) in [4.78, 5) is 0. The third kappa shape index (κ3) is 2.68. The van der Waals surface area contributed by atoms with E-state index in [9.17, 15) is 0 Å². The zero-order valence-corrected chi connectivity index (χ0v) is 11.7. The summed E-state index contributed by atoms with van der Waals surface area (Å²) in [5.41, 5.74) is 4.71. The Balaban J connectivity index is 2.34. The summed E-state index contributed by atoms with van der Waals surface area (Å²) in [5, 5.41) is -0.115. The number of alkyl halides is 1. The largest absolute Gasteiger partial charge is 0.497 e. The molecule has 2 aromatic rings. The molecule has 0 bridgehead atoms. The molecule has 2 heteroatoms. The lowest BCUT2D eigenvalue weighted by Gasteiger charge is -2.14. The van der Waals surface area contributed by atoms with Crippen LogP contribution in [0, 0.1) is 13.8 Å². The van der Waals surface area contributed by atoms with Crippen LogP contribution >= 0.6 is 11.6 Å². The van der Waals surface area contributed by atoms with E-state index in [4.69, 9.17) is 16.3 Å². The van der Waals surface area contributed by atoms with Crippen molar-refractivity contribution in [3.05, 3.63) is 64.7 Å². The van der Waals surface area contributed by atoms with Crippen LogP contribution in [0.1, 0.15) is 27.6 Å². The Morgan fingerprint density at radius 3 is 2.28 bits per heavy atom. The molecule has 0 amide bonds. The number of rotatable bonds is 3. The Morgan fingerprint density at radius 1 is 1.00 bits per heavy atom. The van der Waals surface area contributed by atoms with Gasteiger partial charge >= 0.3 is 0 Å². The molecule has 0 aliphatic heterocycles. The minimum atomic E-state index is -0.115. The third-order valence-electron chi connectivity index (χ3n) is 3.12. The van der Waals surface area contributed by atoms with E-state index >= 15 is 0 Å². The van der Waals surface area contributed by atoms with Crippen LogP contribution in [0.15, 0.2) is 42.5 Å². The molecule has 0 heterocycles. The van der Waals surface area contributed by atoms with Crippen molar-refractivity contribution in [2.45, 2.75) is 19.2 Å². The van der Waals surface area contributed by atoms with Crippen molar-refractivity contribution in [1.82, 2.24) is 0 Å². The molecule has 0 aromatic heterocycles. The van der Waals surface area contributed by atoms with Crippen LogP contribution in [0.4, 0.5) is 0 Å². The lowest BCUT2D eigenvalue weighted by atomic mass is 9.98. The normalized spacial score (nSPS) is 12.2. The quantitative estimate of drug-likeness (QED) is 0.731. The van der Waals surface area contributed by atoms with Gasteiger partial charge in [0, 0.05) is 0 Å². The zero-order valence-electron chi connectivity index (χ0n) is 10.9. The first-order valence-corrected chi connectivity index (χ1v) is 6.40. The average molecular weight is 261 g/mol. The number of halogens is 1. The molecule has 1 atom stereocenters. The average Bonchev–Trinajstić information content (AvgIpc) is 2.41. The number of hydrogen-bond acceptors (Lipinski definition) is 1. The third-order valence-corrected chi connectivity index (χ3v) is 3.60. The molecule has 1 nitrogen and oxygen atoms in total. The molecule has 0 saturated carbocycles. The van der Waals surface area contributed by atoms with Crippen LogP contribution in [0.25, 0.3) is 0 Å². The fourth-order valence-electron chi connectivity index (χ4n) is 1.99. The molecule has 0 aliphatic rings. The molecule has 94 valence electrons. The highest BCUT2D eigenvalue weighted by Gasteiger charge is 2.13. The van der Waals surface area contributed by atoms with Crippen LogP contribution in [-0.4, -0.2) is 7.11 Å². The predicted octanol–water partition coefficient (Wildman–Crippen LogP) is 4.64. The topological polar surface area (TPSA) is 9.23 Å². The molecular weight excluding hydrogens is 244 g/mol. The van der Waals surface area contributed by atoms with Gasteiger partial charge in [0.15, 0.2) is 0 Å². The zero-order chi connectivity index (χ0) is 13.1. The van der Waals surface area contributed by atoms with Gasteiger partial charge in [-0.2, -0.15) is 0 Å². The van der Waals surface area contributed by atoms with Gasteiger partial charge in [-0.05, 0) is 42.7 Å². The highest BCUT2D eigenvalue weighted by atomic mass is 35.5. The highest BCUT2D eigenvalue weighted by Crippen LogP contribution is 2.32. The molecule has 0 saturated heterocycles. The Hall–Kier alpha value is -1.47. The number of aryl methyl sites for hydroxylation is 2. The molecule has 2 aromatic carbocycles. The summed E-state index contributed by atoms with van der Waals surface area (Å²) in [6.07, 6.45) is 0. The standard InChI is InChI=1S/C16H17ClO/c1-11-4-5-12(2)15(10-11)16(17)13-6-8-14(18-3)9-7-13/h4-10,16H,1-3H3. The fraction of sp³-hybridized carbons (Fsp3) is 0.250. The highest BCUT2D eigenvalue weighted by molar-refractivity contribution is 6.22. The lowest BCUT2D eigenvalue weighted by molar-refractivity contribution is 0.414. The summed E-state index contributed by atoms with van der Waals surface area (Å²) in [5.74, 6) is 0.851. The number of benzene rings is 2. The Bertz CT molecular complexity index is 531. The minimum absolute atomic E-state index is 0.115. The van der Waals surface area contributed by atoms with Gasteiger partial charge in [-0.3, -0.25) is 0 Å². The predicted molar refractivity (Wildman–Crippen MR) is 76.6 cm³/mol. The van der Waals surface area contributed by atoms with Gasteiger partial charge in [0.2, 0.25) is 0 Å². The van der Waals surface area contributed by atoms with Gasteiger partial charge in [-0.1, -0.05) is 35.9 Å². The summed E-state index contributed by atoms with van der Waals surface area (Å²) in [7, 11) is 1.66. The van der Waals surface area contributed by atoms with Crippen molar-refractivity contribution < 1.29 is 4.74 Å². The van der Waals surface area contributed by atoms with Gasteiger partial charge in [0.05, 0.1) is 12.5 Å². The summed E-state index contributed by atoms with van der Waals surface area (Å²) < 4.78 is 5.15. The van der Waals surface area contributed by atoms with Crippen molar-refractivity contribution in [3.63, 3.8) is 0 Å². The van der Waals surface area contributed by atoms with Gasteiger partial charge in [0.25, 0.3) is 0 Å². The van der Waals surface area contributed by atoms with E-state index in [1.807, 2.05) is 24.3 Å². The molecular formula is C16H17ClO. The van der Waals surface area contributed by atoms with E-state index < -0.39 is 0 Å². The summed E-state index contributed by atoms with van der Waals surface area (Å²) in [6.45, 7) is 4.17. The first-order valence-electron chi connectivity index (χ1n) is 5.97. The Labute approximate surface area is 113 Å². The molecule has 1 unspecified atom stereocenters. The van der Waals surface area contributed by atoms with Gasteiger partial charge in [-0.15, -0.1) is 11.6 Å². The molecule has 18 heavy (non-hydrogen) atoms. The van der Waals surface area contributed by atoms with Crippen molar-refractivity contribution in [1.29, 1.82) is 0 Å². The Morgan fingerprint density at radius 2 is 1.67 bits per heavy atom. The molecule has 0 aliphatic carbocycles. The van der Waals surface area contributed by atoms with Gasteiger partial charge < -0.3 is 4.74 Å². The number of hydrogen-bond donors (Lipinski definition) is 0. The second-order valence-electron chi connectivity index (χ2n) is 4.50. The molecule has 0 fully saturated rings. The molecule has 2 rings (SSSR count). The molecule has 0 spiro atoms. The van der Waals surface area contributed by atoms with Gasteiger partial charge in [0.1, 0.15) is 5.75 Å². The summed E-state index contributed by atoms with van der Waals surface area (Å²) >= 11 is 6.56. The van der Waals surface area contributed by atoms with Crippen LogP contribution in [0.3, 0.4) is 0 Å². The maximum Gasteiger partial charge on any atom is 0.118 e. The van der Waals surface area contributed by atoms with E-state index in [1.54, 1.807) is 7.11 Å². The number of ether oxygens (including phenoxy) is 1. The van der Waals surface area contributed by atoms with Gasteiger partial charge in [-0.25, -0.2) is 0 Å².